The lowest BCUT2D eigenvalue weighted by atomic mass is 10.1. The molecule has 0 aromatic rings. The van der Waals surface area contributed by atoms with E-state index in [1.165, 1.54) is 19.3 Å². The summed E-state index contributed by atoms with van der Waals surface area (Å²) in [4.78, 5) is 0. The minimum absolute atomic E-state index is 0.361. The van der Waals surface area contributed by atoms with Gasteiger partial charge in [-0.3, -0.25) is 0 Å². The molecule has 1 aliphatic rings. The lowest BCUT2D eigenvalue weighted by Gasteiger charge is -2.17. The van der Waals surface area contributed by atoms with E-state index >= 15 is 0 Å². The minimum Gasteiger partial charge on any atom is -0.377 e. The van der Waals surface area contributed by atoms with Crippen LogP contribution in [0.3, 0.4) is 0 Å². The van der Waals surface area contributed by atoms with Crippen LogP contribution in [0, 0.1) is 5.92 Å². The summed E-state index contributed by atoms with van der Waals surface area (Å²) in [5.74, 6) is 0.984. The molecule has 1 fully saturated rings. The average molecular weight is 171 g/mol. The molecule has 0 saturated heterocycles. The van der Waals surface area contributed by atoms with Crippen molar-refractivity contribution in [3.63, 3.8) is 0 Å². The summed E-state index contributed by atoms with van der Waals surface area (Å²) in [6, 6.07) is 0.569. The molecule has 72 valence electrons. The smallest absolute Gasteiger partial charge is 0.0623 e. The first-order valence-corrected chi connectivity index (χ1v) is 5.01. The summed E-state index contributed by atoms with van der Waals surface area (Å²) in [6.07, 6.45) is 4.52. The highest BCUT2D eigenvalue weighted by Gasteiger charge is 2.24. The summed E-state index contributed by atoms with van der Waals surface area (Å²) in [5, 5.41) is 3.30. The molecule has 1 rings (SSSR count). The fraction of sp³-hybridized carbons (Fsp3) is 1.00. The van der Waals surface area contributed by atoms with Crippen LogP contribution < -0.4 is 5.32 Å². The summed E-state index contributed by atoms with van der Waals surface area (Å²) in [6.45, 7) is 5.04. The van der Waals surface area contributed by atoms with Gasteiger partial charge in [0.1, 0.15) is 0 Å². The van der Waals surface area contributed by atoms with Crippen molar-refractivity contribution in [3.8, 4) is 0 Å². The van der Waals surface area contributed by atoms with Crippen molar-refractivity contribution < 1.29 is 4.74 Å². The number of rotatable bonds is 6. The van der Waals surface area contributed by atoms with Gasteiger partial charge in [-0.15, -0.1) is 0 Å². The van der Waals surface area contributed by atoms with Gasteiger partial charge < -0.3 is 10.1 Å². The second kappa shape index (κ2) is 4.83. The first kappa shape index (κ1) is 10.0. The van der Waals surface area contributed by atoms with E-state index in [2.05, 4.69) is 19.2 Å². The molecule has 0 aliphatic heterocycles. The van der Waals surface area contributed by atoms with Crippen LogP contribution in [0.15, 0.2) is 0 Å². The highest BCUT2D eigenvalue weighted by molar-refractivity contribution is 4.79. The standard InChI is InChI=1S/C10H21NO/c1-8(2)12-7-10(11-3)6-9-4-5-9/h8-11H,4-7H2,1-3H3. The van der Waals surface area contributed by atoms with E-state index < -0.39 is 0 Å². The highest BCUT2D eigenvalue weighted by Crippen LogP contribution is 2.33. The zero-order chi connectivity index (χ0) is 8.97. The van der Waals surface area contributed by atoms with Crippen LogP contribution in [0.2, 0.25) is 0 Å². The largest absolute Gasteiger partial charge is 0.377 e. The summed E-state index contributed by atoms with van der Waals surface area (Å²) in [5.41, 5.74) is 0. The van der Waals surface area contributed by atoms with Crippen molar-refractivity contribution in [2.75, 3.05) is 13.7 Å². The Balaban J connectivity index is 2.06. The Morgan fingerprint density at radius 3 is 2.50 bits per heavy atom. The monoisotopic (exact) mass is 171 g/mol. The van der Waals surface area contributed by atoms with E-state index in [-0.39, 0.29) is 0 Å². The third-order valence-corrected chi connectivity index (χ3v) is 2.35. The van der Waals surface area contributed by atoms with E-state index in [1.807, 2.05) is 7.05 Å². The van der Waals surface area contributed by atoms with Gasteiger partial charge >= 0.3 is 0 Å². The number of hydrogen-bond donors (Lipinski definition) is 1. The molecule has 0 bridgehead atoms. The molecule has 12 heavy (non-hydrogen) atoms. The molecule has 1 N–H and O–H groups in total. The van der Waals surface area contributed by atoms with Crippen molar-refractivity contribution in [3.05, 3.63) is 0 Å². The fourth-order valence-electron chi connectivity index (χ4n) is 1.33. The topological polar surface area (TPSA) is 21.3 Å². The van der Waals surface area contributed by atoms with Gasteiger partial charge in [0, 0.05) is 6.04 Å². The van der Waals surface area contributed by atoms with Crippen LogP contribution in [0.4, 0.5) is 0 Å². The summed E-state index contributed by atoms with van der Waals surface area (Å²) in [7, 11) is 2.02. The normalized spacial score (nSPS) is 20.0. The molecule has 0 amide bonds. The molecule has 2 nitrogen and oxygen atoms in total. The third-order valence-electron chi connectivity index (χ3n) is 2.35. The highest BCUT2D eigenvalue weighted by atomic mass is 16.5. The number of nitrogens with one attached hydrogen (secondary N) is 1. The first-order chi connectivity index (χ1) is 5.72. The van der Waals surface area contributed by atoms with Crippen molar-refractivity contribution in [1.82, 2.24) is 5.32 Å². The zero-order valence-electron chi connectivity index (χ0n) is 8.47. The number of hydrogen-bond acceptors (Lipinski definition) is 2. The van der Waals surface area contributed by atoms with E-state index in [0.717, 1.165) is 12.5 Å². The van der Waals surface area contributed by atoms with Crippen LogP contribution in [0.5, 0.6) is 0 Å². The van der Waals surface area contributed by atoms with Crippen LogP contribution in [-0.4, -0.2) is 25.8 Å². The van der Waals surface area contributed by atoms with Gasteiger partial charge in [-0.2, -0.15) is 0 Å². The second-order valence-electron chi connectivity index (χ2n) is 4.05. The lowest BCUT2D eigenvalue weighted by Crippen LogP contribution is -2.31. The average Bonchev–Trinajstić information content (AvgIpc) is 2.81. The van der Waals surface area contributed by atoms with Crippen LogP contribution in [-0.2, 0) is 4.74 Å². The van der Waals surface area contributed by atoms with Gasteiger partial charge in [0.2, 0.25) is 0 Å². The van der Waals surface area contributed by atoms with Gasteiger partial charge in [-0.1, -0.05) is 12.8 Å². The van der Waals surface area contributed by atoms with E-state index in [0.29, 0.717) is 12.1 Å². The van der Waals surface area contributed by atoms with Gasteiger partial charge in [-0.05, 0) is 33.2 Å². The Kier molecular flexibility index (Phi) is 4.02. The molecule has 1 saturated carbocycles. The van der Waals surface area contributed by atoms with E-state index in [9.17, 15) is 0 Å². The molecule has 1 unspecified atom stereocenters. The van der Waals surface area contributed by atoms with E-state index in [1.54, 1.807) is 0 Å². The van der Waals surface area contributed by atoms with E-state index in [4.69, 9.17) is 4.74 Å². The Morgan fingerprint density at radius 2 is 2.08 bits per heavy atom. The number of ether oxygens (including phenoxy) is 1. The Bertz CT molecular complexity index is 121. The lowest BCUT2D eigenvalue weighted by molar-refractivity contribution is 0.0600. The van der Waals surface area contributed by atoms with Crippen molar-refractivity contribution in [1.29, 1.82) is 0 Å². The molecule has 2 heteroatoms. The summed E-state index contributed by atoms with van der Waals surface area (Å²) < 4.78 is 5.56. The maximum atomic E-state index is 5.56. The van der Waals surface area contributed by atoms with Crippen molar-refractivity contribution >= 4 is 0 Å². The van der Waals surface area contributed by atoms with Crippen LogP contribution in [0.25, 0.3) is 0 Å². The Morgan fingerprint density at radius 1 is 1.42 bits per heavy atom. The first-order valence-electron chi connectivity index (χ1n) is 5.01. The molecular weight excluding hydrogens is 150 g/mol. The second-order valence-corrected chi connectivity index (χ2v) is 4.05. The van der Waals surface area contributed by atoms with Crippen LogP contribution >= 0.6 is 0 Å². The van der Waals surface area contributed by atoms with Gasteiger partial charge in [0.15, 0.2) is 0 Å². The van der Waals surface area contributed by atoms with Crippen LogP contribution in [0.1, 0.15) is 33.1 Å². The van der Waals surface area contributed by atoms with Gasteiger partial charge in [0.25, 0.3) is 0 Å². The molecule has 0 aromatic carbocycles. The minimum atomic E-state index is 0.361. The summed E-state index contributed by atoms with van der Waals surface area (Å²) >= 11 is 0. The molecule has 0 spiro atoms. The predicted octanol–water partition coefficient (Wildman–Crippen LogP) is 1.80. The molecule has 0 aromatic heterocycles. The van der Waals surface area contributed by atoms with Gasteiger partial charge in [0.05, 0.1) is 12.7 Å². The third kappa shape index (κ3) is 4.07. The molecule has 0 heterocycles. The predicted molar refractivity (Wildman–Crippen MR) is 51.3 cm³/mol. The van der Waals surface area contributed by atoms with Crippen molar-refractivity contribution in [2.45, 2.75) is 45.3 Å². The van der Waals surface area contributed by atoms with Gasteiger partial charge in [-0.25, -0.2) is 0 Å². The number of likely N-dealkylation sites (N-methyl/N-ethyl adjacent to an activating group) is 1. The molecular formula is C10H21NO. The molecule has 1 atom stereocenters. The molecule has 1 aliphatic carbocycles. The maximum Gasteiger partial charge on any atom is 0.0623 e. The fourth-order valence-corrected chi connectivity index (χ4v) is 1.33. The Hall–Kier alpha value is -0.0800. The Labute approximate surface area is 75.7 Å². The zero-order valence-corrected chi connectivity index (χ0v) is 8.47. The quantitative estimate of drug-likeness (QED) is 0.658. The molecule has 0 radical (unpaired) electrons. The van der Waals surface area contributed by atoms with Crippen molar-refractivity contribution in [2.24, 2.45) is 5.92 Å². The maximum absolute atomic E-state index is 5.56. The SMILES string of the molecule is CNC(COC(C)C)CC1CC1.